The van der Waals surface area contributed by atoms with Crippen molar-refractivity contribution in [1.82, 2.24) is 0 Å². The molecule has 2 aromatic rings. The highest BCUT2D eigenvalue weighted by atomic mass is 16.5. The molecule has 2 rings (SSSR count). The van der Waals surface area contributed by atoms with Crippen molar-refractivity contribution in [3.05, 3.63) is 53.1 Å². The predicted octanol–water partition coefficient (Wildman–Crippen LogP) is 3.15. The molecule has 0 aliphatic heterocycles. The van der Waals surface area contributed by atoms with E-state index in [9.17, 15) is 4.79 Å². The van der Waals surface area contributed by atoms with E-state index in [0.717, 1.165) is 11.1 Å². The predicted molar refractivity (Wildman–Crippen MR) is 81.3 cm³/mol. The molecule has 0 spiro atoms. The van der Waals surface area contributed by atoms with Gasteiger partial charge >= 0.3 is 0 Å². The Morgan fingerprint density at radius 1 is 1.10 bits per heavy atom. The fraction of sp³-hybridized carbons (Fsp3) is 0.188. The van der Waals surface area contributed by atoms with Crippen LogP contribution in [0, 0.1) is 13.8 Å². The maximum Gasteiger partial charge on any atom is 0.259 e. The number of methoxy groups -OCH3 is 1. The maximum absolute atomic E-state index is 12.3. The molecule has 0 saturated carbocycles. The van der Waals surface area contributed by atoms with Gasteiger partial charge < -0.3 is 15.8 Å². The first kappa shape index (κ1) is 13.9. The first-order valence-corrected chi connectivity index (χ1v) is 6.33. The van der Waals surface area contributed by atoms with E-state index in [4.69, 9.17) is 10.5 Å². The lowest BCUT2D eigenvalue weighted by Crippen LogP contribution is -2.14. The third kappa shape index (κ3) is 2.91. The van der Waals surface area contributed by atoms with E-state index in [1.54, 1.807) is 25.3 Å². The molecule has 0 aliphatic rings. The Hall–Kier alpha value is -2.49. The normalized spacial score (nSPS) is 10.2. The van der Waals surface area contributed by atoms with Crippen LogP contribution in [0.25, 0.3) is 0 Å². The van der Waals surface area contributed by atoms with Gasteiger partial charge in [-0.15, -0.1) is 0 Å². The third-order valence-corrected chi connectivity index (χ3v) is 3.05. The minimum absolute atomic E-state index is 0.235. The van der Waals surface area contributed by atoms with Gasteiger partial charge in [-0.2, -0.15) is 0 Å². The van der Waals surface area contributed by atoms with Crippen LogP contribution in [0.1, 0.15) is 21.5 Å². The van der Waals surface area contributed by atoms with Gasteiger partial charge in [0.05, 0.1) is 24.0 Å². The van der Waals surface area contributed by atoms with E-state index in [0.29, 0.717) is 22.7 Å². The molecule has 104 valence electrons. The van der Waals surface area contributed by atoms with E-state index in [1.807, 2.05) is 32.0 Å². The number of nitrogens with two attached hydrogens (primary N) is 1. The lowest BCUT2D eigenvalue weighted by Gasteiger charge is -2.12. The topological polar surface area (TPSA) is 64.3 Å². The van der Waals surface area contributed by atoms with Crippen molar-refractivity contribution in [2.24, 2.45) is 0 Å². The molecule has 3 N–H and O–H groups in total. The van der Waals surface area contributed by atoms with Gasteiger partial charge in [-0.3, -0.25) is 4.79 Å². The number of benzene rings is 2. The Morgan fingerprint density at radius 3 is 2.40 bits per heavy atom. The van der Waals surface area contributed by atoms with Crippen LogP contribution in [-0.4, -0.2) is 13.0 Å². The lowest BCUT2D eigenvalue weighted by atomic mass is 10.1. The highest BCUT2D eigenvalue weighted by Crippen LogP contribution is 2.24. The summed E-state index contributed by atoms with van der Waals surface area (Å²) in [6.07, 6.45) is 0. The number of nitrogens with one attached hydrogen (secondary N) is 1. The SMILES string of the molecule is COc1ccc(C)cc1C(=O)Nc1ccc(C)cc1N. The molecule has 4 heteroatoms. The molecular formula is C16H18N2O2. The van der Waals surface area contributed by atoms with Crippen molar-refractivity contribution in [1.29, 1.82) is 0 Å². The van der Waals surface area contributed by atoms with E-state index in [2.05, 4.69) is 5.32 Å². The molecule has 4 nitrogen and oxygen atoms in total. The summed E-state index contributed by atoms with van der Waals surface area (Å²) in [5, 5.41) is 2.81. The molecule has 20 heavy (non-hydrogen) atoms. The van der Waals surface area contributed by atoms with Crippen molar-refractivity contribution >= 4 is 17.3 Å². The zero-order valence-electron chi connectivity index (χ0n) is 11.9. The minimum Gasteiger partial charge on any atom is -0.496 e. The number of aryl methyl sites for hydroxylation is 2. The van der Waals surface area contributed by atoms with Crippen LogP contribution < -0.4 is 15.8 Å². The van der Waals surface area contributed by atoms with E-state index >= 15 is 0 Å². The van der Waals surface area contributed by atoms with Crippen LogP contribution in [0.5, 0.6) is 5.75 Å². The highest BCUT2D eigenvalue weighted by molar-refractivity contribution is 6.07. The molecule has 0 heterocycles. The summed E-state index contributed by atoms with van der Waals surface area (Å²) in [7, 11) is 1.54. The van der Waals surface area contributed by atoms with Crippen molar-refractivity contribution < 1.29 is 9.53 Å². The zero-order valence-corrected chi connectivity index (χ0v) is 11.9. The van der Waals surface area contributed by atoms with Crippen LogP contribution in [0.2, 0.25) is 0 Å². The zero-order chi connectivity index (χ0) is 14.7. The van der Waals surface area contributed by atoms with Crippen molar-refractivity contribution in [2.45, 2.75) is 13.8 Å². The van der Waals surface area contributed by atoms with Crippen LogP contribution in [0.4, 0.5) is 11.4 Å². The van der Waals surface area contributed by atoms with Gasteiger partial charge in [0.1, 0.15) is 5.75 Å². The largest absolute Gasteiger partial charge is 0.496 e. The Labute approximate surface area is 118 Å². The molecule has 0 atom stereocenters. The quantitative estimate of drug-likeness (QED) is 0.842. The average molecular weight is 270 g/mol. The number of carbonyl (C=O) groups excluding carboxylic acids is 1. The summed E-state index contributed by atoms with van der Waals surface area (Å²) < 4.78 is 5.22. The number of nitrogen functional groups attached to an aromatic ring is 1. The maximum atomic E-state index is 12.3. The van der Waals surface area contributed by atoms with Gasteiger partial charge in [0.15, 0.2) is 0 Å². The molecule has 0 radical (unpaired) electrons. The number of amides is 1. The van der Waals surface area contributed by atoms with Gasteiger partial charge in [0.25, 0.3) is 5.91 Å². The van der Waals surface area contributed by atoms with Crippen LogP contribution in [0.15, 0.2) is 36.4 Å². The number of hydrogen-bond donors (Lipinski definition) is 2. The third-order valence-electron chi connectivity index (χ3n) is 3.05. The summed E-state index contributed by atoms with van der Waals surface area (Å²) in [5.74, 6) is 0.305. The van der Waals surface area contributed by atoms with Gasteiger partial charge in [-0.05, 0) is 43.7 Å². The minimum atomic E-state index is -0.235. The van der Waals surface area contributed by atoms with Crippen LogP contribution in [-0.2, 0) is 0 Å². The first-order chi connectivity index (χ1) is 9.51. The highest BCUT2D eigenvalue weighted by Gasteiger charge is 2.13. The van der Waals surface area contributed by atoms with E-state index in [-0.39, 0.29) is 5.91 Å². The summed E-state index contributed by atoms with van der Waals surface area (Å²) in [6, 6.07) is 11.0. The number of carbonyl (C=O) groups is 1. The Bertz CT molecular complexity index is 651. The number of ether oxygens (including phenoxy) is 1. The lowest BCUT2D eigenvalue weighted by molar-refractivity contribution is 0.102. The molecule has 0 unspecified atom stereocenters. The monoisotopic (exact) mass is 270 g/mol. The van der Waals surface area contributed by atoms with Gasteiger partial charge in [0, 0.05) is 0 Å². The Kier molecular flexibility index (Phi) is 3.94. The summed E-state index contributed by atoms with van der Waals surface area (Å²) in [4.78, 5) is 12.3. The van der Waals surface area contributed by atoms with Crippen molar-refractivity contribution in [2.75, 3.05) is 18.2 Å². The second-order valence-electron chi connectivity index (χ2n) is 4.75. The average Bonchev–Trinajstić information content (AvgIpc) is 2.41. The molecule has 1 amide bonds. The first-order valence-electron chi connectivity index (χ1n) is 6.33. The molecule has 0 saturated heterocycles. The number of hydrogen-bond acceptors (Lipinski definition) is 3. The molecule has 0 fully saturated rings. The summed E-state index contributed by atoms with van der Waals surface area (Å²) in [6.45, 7) is 3.88. The molecular weight excluding hydrogens is 252 g/mol. The van der Waals surface area contributed by atoms with E-state index in [1.165, 1.54) is 0 Å². The Balaban J connectivity index is 2.30. The van der Waals surface area contributed by atoms with Gasteiger partial charge in [-0.25, -0.2) is 0 Å². The van der Waals surface area contributed by atoms with Crippen molar-refractivity contribution in [3.8, 4) is 5.75 Å². The molecule has 0 aromatic heterocycles. The second kappa shape index (κ2) is 5.65. The number of rotatable bonds is 3. The standard InChI is InChI=1S/C16H18N2O2/c1-10-5-7-15(20-3)12(8-10)16(19)18-14-6-4-11(2)9-13(14)17/h4-9H,17H2,1-3H3,(H,18,19). The number of anilines is 2. The fourth-order valence-electron chi connectivity index (χ4n) is 1.98. The summed E-state index contributed by atoms with van der Waals surface area (Å²) in [5.41, 5.74) is 9.59. The van der Waals surface area contributed by atoms with Crippen LogP contribution in [0.3, 0.4) is 0 Å². The molecule has 0 aliphatic carbocycles. The van der Waals surface area contributed by atoms with Gasteiger partial charge in [-0.1, -0.05) is 17.7 Å². The summed E-state index contributed by atoms with van der Waals surface area (Å²) >= 11 is 0. The fourth-order valence-corrected chi connectivity index (χ4v) is 1.98. The Morgan fingerprint density at radius 2 is 1.75 bits per heavy atom. The molecule has 2 aromatic carbocycles. The van der Waals surface area contributed by atoms with Crippen LogP contribution >= 0.6 is 0 Å². The molecule has 0 bridgehead atoms. The van der Waals surface area contributed by atoms with E-state index < -0.39 is 0 Å². The smallest absolute Gasteiger partial charge is 0.259 e. The van der Waals surface area contributed by atoms with Gasteiger partial charge in [0.2, 0.25) is 0 Å². The second-order valence-corrected chi connectivity index (χ2v) is 4.75. The van der Waals surface area contributed by atoms with Crippen molar-refractivity contribution in [3.63, 3.8) is 0 Å².